The Kier molecular flexibility index (Phi) is 7.14. The standard InChI is InChI=1S/C25H28N2O7/c28-13-15-11-27(12-22(15)29)24(32)21(9-10-23(30)31)26-25(33)34-14-20-18-7-3-1-5-16(18)17-6-2-4-8-19(17)20/h1-8,15,20-22,28-29H,9-14H2,(H,26,33)(H,30,31). The number of nitrogens with one attached hydrogen (secondary N) is 1. The number of carboxylic acid groups (broad SMARTS) is 1. The highest BCUT2D eigenvalue weighted by Gasteiger charge is 2.37. The number of carbonyl (C=O) groups excluding carboxylic acids is 2. The van der Waals surface area contributed by atoms with Crippen LogP contribution in [-0.4, -0.2) is 76.6 Å². The molecule has 2 amide bonds. The molecule has 9 heteroatoms. The van der Waals surface area contributed by atoms with Gasteiger partial charge in [0.2, 0.25) is 5.91 Å². The first-order chi connectivity index (χ1) is 16.4. The number of ether oxygens (including phenoxy) is 1. The van der Waals surface area contributed by atoms with Gasteiger partial charge in [-0.2, -0.15) is 0 Å². The van der Waals surface area contributed by atoms with Crippen LogP contribution in [0.15, 0.2) is 48.5 Å². The maximum absolute atomic E-state index is 13.0. The molecule has 0 radical (unpaired) electrons. The van der Waals surface area contributed by atoms with Crippen molar-refractivity contribution >= 4 is 18.0 Å². The van der Waals surface area contributed by atoms with E-state index in [4.69, 9.17) is 9.84 Å². The van der Waals surface area contributed by atoms with Gasteiger partial charge in [-0.05, 0) is 28.7 Å². The Morgan fingerprint density at radius 3 is 2.21 bits per heavy atom. The summed E-state index contributed by atoms with van der Waals surface area (Å²) in [7, 11) is 0. The number of likely N-dealkylation sites (tertiary alicyclic amines) is 1. The first kappa shape index (κ1) is 23.7. The first-order valence-corrected chi connectivity index (χ1v) is 11.3. The van der Waals surface area contributed by atoms with E-state index in [9.17, 15) is 24.6 Å². The topological polar surface area (TPSA) is 136 Å². The normalized spacial score (nSPS) is 19.9. The number of hydrogen-bond acceptors (Lipinski definition) is 6. The minimum absolute atomic E-state index is 0.0139. The van der Waals surface area contributed by atoms with Crippen LogP contribution in [0, 0.1) is 5.92 Å². The van der Waals surface area contributed by atoms with E-state index in [1.165, 1.54) is 4.90 Å². The average Bonchev–Trinajstić information content (AvgIpc) is 3.37. The number of aliphatic hydroxyl groups excluding tert-OH is 2. The summed E-state index contributed by atoms with van der Waals surface area (Å²) in [5.41, 5.74) is 4.28. The fourth-order valence-electron chi connectivity index (χ4n) is 4.74. The molecular formula is C25H28N2O7. The molecule has 3 unspecified atom stereocenters. The second kappa shape index (κ2) is 10.2. The van der Waals surface area contributed by atoms with Gasteiger partial charge in [-0.15, -0.1) is 0 Å². The van der Waals surface area contributed by atoms with Gasteiger partial charge in [-0.3, -0.25) is 9.59 Å². The Balaban J connectivity index is 1.42. The van der Waals surface area contributed by atoms with Gasteiger partial charge in [0.05, 0.1) is 12.7 Å². The van der Waals surface area contributed by atoms with E-state index in [1.54, 1.807) is 0 Å². The highest BCUT2D eigenvalue weighted by atomic mass is 16.5. The Bertz CT molecular complexity index is 1030. The smallest absolute Gasteiger partial charge is 0.407 e. The number of carboxylic acids is 1. The van der Waals surface area contributed by atoms with E-state index >= 15 is 0 Å². The fourth-order valence-corrected chi connectivity index (χ4v) is 4.74. The monoisotopic (exact) mass is 468 g/mol. The van der Waals surface area contributed by atoms with Crippen LogP contribution in [0.1, 0.15) is 29.9 Å². The summed E-state index contributed by atoms with van der Waals surface area (Å²) in [6.45, 7) is -0.0638. The SMILES string of the molecule is O=C(O)CCC(NC(=O)OCC1c2ccccc2-c2ccccc21)C(=O)N1CC(O)C(CO)C1. The maximum atomic E-state index is 13.0. The largest absolute Gasteiger partial charge is 0.481 e. The van der Waals surface area contributed by atoms with Crippen LogP contribution >= 0.6 is 0 Å². The number of fused-ring (bicyclic) bond motifs is 3. The lowest BCUT2D eigenvalue weighted by molar-refractivity contribution is -0.138. The number of β-amino-alcohol motifs (C(OH)–C–C–N with tert-alkyl or cyclic N) is 1. The molecule has 2 aliphatic rings. The minimum atomic E-state index is -1.11. The third-order valence-electron chi connectivity index (χ3n) is 6.53. The van der Waals surface area contributed by atoms with Crippen molar-refractivity contribution in [2.24, 2.45) is 5.92 Å². The van der Waals surface area contributed by atoms with Crippen molar-refractivity contribution in [1.82, 2.24) is 10.2 Å². The molecule has 1 aliphatic heterocycles. The summed E-state index contributed by atoms with van der Waals surface area (Å²) < 4.78 is 5.50. The predicted molar refractivity (Wildman–Crippen MR) is 122 cm³/mol. The molecule has 180 valence electrons. The number of amides is 2. The second-order valence-electron chi connectivity index (χ2n) is 8.71. The Morgan fingerprint density at radius 2 is 1.65 bits per heavy atom. The van der Waals surface area contributed by atoms with Crippen LogP contribution in [0.3, 0.4) is 0 Å². The second-order valence-corrected chi connectivity index (χ2v) is 8.71. The maximum Gasteiger partial charge on any atom is 0.407 e. The molecule has 2 aromatic rings. The number of alkyl carbamates (subject to hydrolysis) is 1. The van der Waals surface area contributed by atoms with Crippen molar-refractivity contribution in [2.75, 3.05) is 26.3 Å². The van der Waals surface area contributed by atoms with Crippen LogP contribution in [-0.2, 0) is 14.3 Å². The molecule has 4 N–H and O–H groups in total. The van der Waals surface area contributed by atoms with E-state index < -0.39 is 36.0 Å². The molecular weight excluding hydrogens is 440 g/mol. The van der Waals surface area contributed by atoms with E-state index in [0.717, 1.165) is 22.3 Å². The molecule has 0 aromatic heterocycles. The van der Waals surface area contributed by atoms with Gasteiger partial charge in [0.25, 0.3) is 0 Å². The zero-order valence-corrected chi connectivity index (χ0v) is 18.6. The van der Waals surface area contributed by atoms with E-state index in [-0.39, 0.29) is 45.1 Å². The molecule has 0 spiro atoms. The van der Waals surface area contributed by atoms with E-state index in [0.29, 0.717) is 0 Å². The molecule has 9 nitrogen and oxygen atoms in total. The molecule has 1 saturated heterocycles. The van der Waals surface area contributed by atoms with Crippen molar-refractivity contribution < 1.29 is 34.4 Å². The highest BCUT2D eigenvalue weighted by Crippen LogP contribution is 2.44. The van der Waals surface area contributed by atoms with Crippen LogP contribution in [0.25, 0.3) is 11.1 Å². The number of carbonyl (C=O) groups is 3. The van der Waals surface area contributed by atoms with Gasteiger partial charge in [0.15, 0.2) is 0 Å². The van der Waals surface area contributed by atoms with Crippen molar-refractivity contribution in [3.05, 3.63) is 59.7 Å². The molecule has 0 saturated carbocycles. The number of benzene rings is 2. The highest BCUT2D eigenvalue weighted by molar-refractivity contribution is 5.86. The Hall–Kier alpha value is -3.43. The molecule has 1 aliphatic carbocycles. The molecule has 2 aromatic carbocycles. The summed E-state index contributed by atoms with van der Waals surface area (Å²) in [5, 5.41) is 30.9. The lowest BCUT2D eigenvalue weighted by Gasteiger charge is -2.24. The number of rotatable bonds is 8. The minimum Gasteiger partial charge on any atom is -0.481 e. The zero-order valence-electron chi connectivity index (χ0n) is 18.6. The summed E-state index contributed by atoms with van der Waals surface area (Å²) >= 11 is 0. The van der Waals surface area contributed by atoms with Crippen molar-refractivity contribution in [3.8, 4) is 11.1 Å². The quantitative estimate of drug-likeness (QED) is 0.462. The average molecular weight is 469 g/mol. The van der Waals surface area contributed by atoms with Gasteiger partial charge in [-0.25, -0.2) is 4.79 Å². The third-order valence-corrected chi connectivity index (χ3v) is 6.53. The van der Waals surface area contributed by atoms with E-state index in [2.05, 4.69) is 5.32 Å². The molecule has 1 heterocycles. The number of hydrogen-bond donors (Lipinski definition) is 4. The fraction of sp³-hybridized carbons (Fsp3) is 0.400. The van der Waals surface area contributed by atoms with Crippen molar-refractivity contribution in [1.29, 1.82) is 0 Å². The van der Waals surface area contributed by atoms with Crippen LogP contribution in [0.5, 0.6) is 0 Å². The lowest BCUT2D eigenvalue weighted by Crippen LogP contribution is -2.48. The molecule has 0 bridgehead atoms. The predicted octanol–water partition coefficient (Wildman–Crippen LogP) is 1.57. The third kappa shape index (κ3) is 4.90. The number of nitrogens with zero attached hydrogens (tertiary/aromatic N) is 1. The van der Waals surface area contributed by atoms with Crippen molar-refractivity contribution in [3.63, 3.8) is 0 Å². The summed E-state index contributed by atoms with van der Waals surface area (Å²) in [6.07, 6.45) is -2.12. The van der Waals surface area contributed by atoms with Gasteiger partial charge in [0.1, 0.15) is 12.6 Å². The van der Waals surface area contributed by atoms with Crippen LogP contribution in [0.2, 0.25) is 0 Å². The van der Waals surface area contributed by atoms with E-state index in [1.807, 2.05) is 48.5 Å². The van der Waals surface area contributed by atoms with Gasteiger partial charge in [-0.1, -0.05) is 48.5 Å². The first-order valence-electron chi connectivity index (χ1n) is 11.3. The summed E-state index contributed by atoms with van der Waals surface area (Å²) in [4.78, 5) is 38.0. The van der Waals surface area contributed by atoms with Crippen LogP contribution < -0.4 is 5.32 Å². The van der Waals surface area contributed by atoms with Crippen molar-refractivity contribution in [2.45, 2.75) is 30.9 Å². The Morgan fingerprint density at radius 1 is 1.03 bits per heavy atom. The van der Waals surface area contributed by atoms with Gasteiger partial charge < -0.3 is 30.3 Å². The molecule has 1 fully saturated rings. The van der Waals surface area contributed by atoms with Gasteiger partial charge >= 0.3 is 12.1 Å². The number of aliphatic hydroxyl groups is 2. The summed E-state index contributed by atoms with van der Waals surface area (Å²) in [6, 6.07) is 14.7. The van der Waals surface area contributed by atoms with Gasteiger partial charge in [0, 0.05) is 31.3 Å². The molecule has 4 rings (SSSR count). The number of aliphatic carboxylic acids is 1. The molecule has 3 atom stereocenters. The Labute approximate surface area is 197 Å². The molecule has 34 heavy (non-hydrogen) atoms. The zero-order chi connectivity index (χ0) is 24.2. The lowest BCUT2D eigenvalue weighted by atomic mass is 9.98. The summed E-state index contributed by atoms with van der Waals surface area (Å²) in [5.74, 6) is -2.23. The van der Waals surface area contributed by atoms with Crippen LogP contribution in [0.4, 0.5) is 4.79 Å².